The van der Waals surface area contributed by atoms with Gasteiger partial charge in [-0.15, -0.1) is 11.8 Å². The van der Waals surface area contributed by atoms with Crippen LogP contribution in [0.5, 0.6) is 0 Å². The van der Waals surface area contributed by atoms with Gasteiger partial charge in [0.05, 0.1) is 6.10 Å². The van der Waals surface area contributed by atoms with Gasteiger partial charge in [0.2, 0.25) is 0 Å². The lowest BCUT2D eigenvalue weighted by Crippen LogP contribution is -2.29. The Bertz CT molecular complexity index is 359. The average Bonchev–Trinajstić information content (AvgIpc) is 3.18. The van der Waals surface area contributed by atoms with Gasteiger partial charge in [-0.05, 0) is 36.5 Å². The number of aliphatic hydroxyl groups is 1. The highest BCUT2D eigenvalue weighted by molar-refractivity contribution is 7.99. The Morgan fingerprint density at radius 1 is 1.28 bits per heavy atom. The summed E-state index contributed by atoms with van der Waals surface area (Å²) >= 11 is 1.73. The molecule has 100 valence electrons. The van der Waals surface area contributed by atoms with Gasteiger partial charge in [0.15, 0.2) is 0 Å². The molecule has 0 amide bonds. The van der Waals surface area contributed by atoms with E-state index in [1.165, 1.54) is 23.3 Å². The molecule has 18 heavy (non-hydrogen) atoms. The highest BCUT2D eigenvalue weighted by Crippen LogP contribution is 2.23. The third-order valence-electron chi connectivity index (χ3n) is 3.21. The van der Waals surface area contributed by atoms with Crippen LogP contribution in [-0.2, 0) is 0 Å². The third kappa shape index (κ3) is 4.63. The molecule has 1 aromatic carbocycles. The molecular weight excluding hydrogens is 242 g/mol. The molecule has 1 unspecified atom stereocenters. The van der Waals surface area contributed by atoms with Crippen molar-refractivity contribution in [1.29, 1.82) is 0 Å². The SMILES string of the molecule is CC(C)c1ccc(SCC(O)CNC2CC2)cc1. The Hall–Kier alpha value is -0.510. The molecule has 0 saturated heterocycles. The quantitative estimate of drug-likeness (QED) is 0.743. The van der Waals surface area contributed by atoms with Crippen molar-refractivity contribution in [2.75, 3.05) is 12.3 Å². The largest absolute Gasteiger partial charge is 0.391 e. The predicted molar refractivity (Wildman–Crippen MR) is 78.3 cm³/mol. The Morgan fingerprint density at radius 3 is 2.50 bits per heavy atom. The molecule has 0 radical (unpaired) electrons. The first-order valence-corrected chi connectivity index (χ1v) is 7.78. The van der Waals surface area contributed by atoms with Gasteiger partial charge < -0.3 is 10.4 Å². The number of rotatable bonds is 7. The van der Waals surface area contributed by atoms with Gasteiger partial charge in [-0.1, -0.05) is 26.0 Å². The first kappa shape index (κ1) is 13.9. The van der Waals surface area contributed by atoms with E-state index in [0.29, 0.717) is 12.0 Å². The zero-order valence-electron chi connectivity index (χ0n) is 11.2. The number of hydrogen-bond donors (Lipinski definition) is 2. The molecule has 1 atom stereocenters. The van der Waals surface area contributed by atoms with E-state index in [9.17, 15) is 5.11 Å². The lowest BCUT2D eigenvalue weighted by Gasteiger charge is -2.11. The van der Waals surface area contributed by atoms with Crippen molar-refractivity contribution >= 4 is 11.8 Å². The van der Waals surface area contributed by atoms with E-state index in [0.717, 1.165) is 12.3 Å². The minimum atomic E-state index is -0.250. The second-order valence-corrected chi connectivity index (χ2v) is 6.46. The minimum absolute atomic E-state index is 0.250. The first-order chi connectivity index (χ1) is 8.65. The number of thioether (sulfide) groups is 1. The smallest absolute Gasteiger partial charge is 0.0758 e. The number of nitrogens with one attached hydrogen (secondary N) is 1. The summed E-state index contributed by atoms with van der Waals surface area (Å²) in [7, 11) is 0. The lowest BCUT2D eigenvalue weighted by atomic mass is 10.0. The summed E-state index contributed by atoms with van der Waals surface area (Å²) in [5, 5.41) is 13.2. The highest BCUT2D eigenvalue weighted by Gasteiger charge is 2.21. The first-order valence-electron chi connectivity index (χ1n) is 6.79. The zero-order chi connectivity index (χ0) is 13.0. The Labute approximate surface area is 114 Å². The van der Waals surface area contributed by atoms with Gasteiger partial charge in [0.1, 0.15) is 0 Å². The Morgan fingerprint density at radius 2 is 1.94 bits per heavy atom. The molecule has 2 rings (SSSR count). The summed E-state index contributed by atoms with van der Waals surface area (Å²) in [6, 6.07) is 9.35. The molecule has 2 N–H and O–H groups in total. The number of benzene rings is 1. The van der Waals surface area contributed by atoms with E-state index in [1.54, 1.807) is 11.8 Å². The summed E-state index contributed by atoms with van der Waals surface area (Å²) < 4.78 is 0. The second kappa shape index (κ2) is 6.60. The van der Waals surface area contributed by atoms with Crippen molar-refractivity contribution in [3.05, 3.63) is 29.8 Å². The monoisotopic (exact) mass is 265 g/mol. The minimum Gasteiger partial charge on any atom is -0.391 e. The topological polar surface area (TPSA) is 32.3 Å². The van der Waals surface area contributed by atoms with Crippen molar-refractivity contribution < 1.29 is 5.11 Å². The average molecular weight is 265 g/mol. The fraction of sp³-hybridized carbons (Fsp3) is 0.600. The van der Waals surface area contributed by atoms with E-state index in [1.807, 2.05) is 0 Å². The normalized spacial score (nSPS) is 17.1. The summed E-state index contributed by atoms with van der Waals surface area (Å²) in [6.45, 7) is 5.13. The van der Waals surface area contributed by atoms with Crippen LogP contribution in [0.4, 0.5) is 0 Å². The number of hydrogen-bond acceptors (Lipinski definition) is 3. The van der Waals surface area contributed by atoms with Gasteiger partial charge >= 0.3 is 0 Å². The van der Waals surface area contributed by atoms with Gasteiger partial charge in [-0.3, -0.25) is 0 Å². The summed E-state index contributed by atoms with van der Waals surface area (Å²) in [5.74, 6) is 1.35. The van der Waals surface area contributed by atoms with E-state index >= 15 is 0 Å². The van der Waals surface area contributed by atoms with E-state index < -0.39 is 0 Å². The van der Waals surface area contributed by atoms with Gasteiger partial charge in [0.25, 0.3) is 0 Å². The molecule has 1 fully saturated rings. The maximum Gasteiger partial charge on any atom is 0.0758 e. The molecule has 0 heterocycles. The van der Waals surface area contributed by atoms with E-state index in [2.05, 4.69) is 43.4 Å². The summed E-state index contributed by atoms with van der Waals surface area (Å²) in [6.07, 6.45) is 2.30. The maximum atomic E-state index is 9.85. The third-order valence-corrected chi connectivity index (χ3v) is 4.37. The van der Waals surface area contributed by atoms with Crippen LogP contribution in [0.2, 0.25) is 0 Å². The molecular formula is C15H23NOS. The number of aliphatic hydroxyl groups excluding tert-OH is 1. The Balaban J connectivity index is 1.71. The standard InChI is InChI=1S/C15H23NOS/c1-11(2)12-3-7-15(8-4-12)18-10-14(17)9-16-13-5-6-13/h3-4,7-8,11,13-14,16-17H,5-6,9-10H2,1-2H3. The second-order valence-electron chi connectivity index (χ2n) is 5.37. The molecule has 3 heteroatoms. The molecule has 0 aromatic heterocycles. The fourth-order valence-corrected chi connectivity index (χ4v) is 2.62. The summed E-state index contributed by atoms with van der Waals surface area (Å²) in [4.78, 5) is 1.24. The molecule has 0 spiro atoms. The van der Waals surface area contributed by atoms with Crippen LogP contribution in [0.25, 0.3) is 0 Å². The van der Waals surface area contributed by atoms with Crippen LogP contribution < -0.4 is 5.32 Å². The van der Waals surface area contributed by atoms with Crippen molar-refractivity contribution in [3.63, 3.8) is 0 Å². The molecule has 1 aromatic rings. The van der Waals surface area contributed by atoms with E-state index in [-0.39, 0.29) is 6.10 Å². The summed E-state index contributed by atoms with van der Waals surface area (Å²) in [5.41, 5.74) is 1.37. The molecule has 1 aliphatic carbocycles. The van der Waals surface area contributed by atoms with Crippen molar-refractivity contribution in [2.24, 2.45) is 0 Å². The maximum absolute atomic E-state index is 9.85. The van der Waals surface area contributed by atoms with Crippen LogP contribution in [0.15, 0.2) is 29.2 Å². The van der Waals surface area contributed by atoms with Crippen LogP contribution in [0.1, 0.15) is 38.2 Å². The molecule has 1 saturated carbocycles. The highest BCUT2D eigenvalue weighted by atomic mass is 32.2. The van der Waals surface area contributed by atoms with Crippen LogP contribution in [0, 0.1) is 0 Å². The fourth-order valence-electron chi connectivity index (χ4n) is 1.79. The van der Waals surface area contributed by atoms with E-state index in [4.69, 9.17) is 0 Å². The predicted octanol–water partition coefficient (Wildman–Crippen LogP) is 3.02. The molecule has 0 aliphatic heterocycles. The van der Waals surface area contributed by atoms with Crippen LogP contribution in [0.3, 0.4) is 0 Å². The lowest BCUT2D eigenvalue weighted by molar-refractivity contribution is 0.195. The zero-order valence-corrected chi connectivity index (χ0v) is 12.0. The Kier molecular flexibility index (Phi) is 5.10. The van der Waals surface area contributed by atoms with Crippen LogP contribution in [-0.4, -0.2) is 29.5 Å². The van der Waals surface area contributed by atoms with Gasteiger partial charge in [-0.2, -0.15) is 0 Å². The molecule has 0 bridgehead atoms. The van der Waals surface area contributed by atoms with Gasteiger partial charge in [0, 0.05) is 23.2 Å². The van der Waals surface area contributed by atoms with Crippen molar-refractivity contribution in [2.45, 2.75) is 49.6 Å². The van der Waals surface area contributed by atoms with Gasteiger partial charge in [-0.25, -0.2) is 0 Å². The van der Waals surface area contributed by atoms with Crippen molar-refractivity contribution in [1.82, 2.24) is 5.32 Å². The molecule has 2 nitrogen and oxygen atoms in total. The van der Waals surface area contributed by atoms with Crippen LogP contribution >= 0.6 is 11.8 Å². The molecule has 1 aliphatic rings. The van der Waals surface area contributed by atoms with Crippen molar-refractivity contribution in [3.8, 4) is 0 Å².